The Morgan fingerprint density at radius 1 is 1.17 bits per heavy atom. The van der Waals surface area contributed by atoms with Gasteiger partial charge in [0.2, 0.25) is 0 Å². The molecule has 0 bridgehead atoms. The first-order valence-electron chi connectivity index (χ1n) is 5.56. The van der Waals surface area contributed by atoms with Crippen molar-refractivity contribution in [1.82, 2.24) is 0 Å². The zero-order valence-corrected chi connectivity index (χ0v) is 10.6. The molecule has 0 fully saturated rings. The van der Waals surface area contributed by atoms with E-state index in [0.717, 1.165) is 5.56 Å². The van der Waals surface area contributed by atoms with Crippen LogP contribution in [0.5, 0.6) is 5.75 Å². The molecule has 1 unspecified atom stereocenters. The van der Waals surface area contributed by atoms with Crippen LogP contribution >= 0.6 is 11.6 Å². The van der Waals surface area contributed by atoms with E-state index < -0.39 is 0 Å². The Labute approximate surface area is 110 Å². The highest BCUT2D eigenvalue weighted by molar-refractivity contribution is 6.30. The molecule has 0 aliphatic rings. The molecule has 0 aliphatic heterocycles. The van der Waals surface area contributed by atoms with Crippen LogP contribution in [-0.4, -0.2) is 5.11 Å². The fourth-order valence-electron chi connectivity index (χ4n) is 1.73. The second kappa shape index (κ2) is 5.27. The first kappa shape index (κ1) is 12.7. The van der Waals surface area contributed by atoms with Crippen molar-refractivity contribution < 1.29 is 9.50 Å². The van der Waals surface area contributed by atoms with E-state index in [1.54, 1.807) is 18.2 Å². The smallest absolute Gasteiger partial charge is 0.126 e. The van der Waals surface area contributed by atoms with Gasteiger partial charge in [0.25, 0.3) is 0 Å². The third kappa shape index (κ3) is 3.14. The van der Waals surface area contributed by atoms with Crippen LogP contribution in [0.25, 0.3) is 0 Å². The molecule has 2 aromatic carbocycles. The average Bonchev–Trinajstić information content (AvgIpc) is 2.28. The topological polar surface area (TPSA) is 32.3 Å². The fourth-order valence-corrected chi connectivity index (χ4v) is 1.96. The van der Waals surface area contributed by atoms with Gasteiger partial charge in [0.1, 0.15) is 11.6 Å². The second-order valence-electron chi connectivity index (χ2n) is 4.12. The Bertz CT molecular complexity index is 522. The van der Waals surface area contributed by atoms with Gasteiger partial charge in [0.15, 0.2) is 0 Å². The Morgan fingerprint density at radius 2 is 1.83 bits per heavy atom. The normalized spacial score (nSPS) is 12.2. The summed E-state index contributed by atoms with van der Waals surface area (Å²) in [6, 6.07) is 11.2. The minimum Gasteiger partial charge on any atom is -0.508 e. The van der Waals surface area contributed by atoms with Gasteiger partial charge < -0.3 is 10.4 Å². The van der Waals surface area contributed by atoms with Crippen molar-refractivity contribution in [1.29, 1.82) is 0 Å². The number of phenolic OH excluding ortho intramolecular Hbond substituents is 1. The van der Waals surface area contributed by atoms with Crippen LogP contribution in [0.2, 0.25) is 5.02 Å². The number of phenols is 1. The summed E-state index contributed by atoms with van der Waals surface area (Å²) in [6.45, 7) is 1.95. The van der Waals surface area contributed by atoms with E-state index in [1.807, 2.05) is 19.1 Å². The number of hydrogen-bond acceptors (Lipinski definition) is 2. The van der Waals surface area contributed by atoms with Gasteiger partial charge in [0, 0.05) is 16.8 Å². The quantitative estimate of drug-likeness (QED) is 0.864. The van der Waals surface area contributed by atoms with Crippen molar-refractivity contribution in [3.05, 3.63) is 58.9 Å². The van der Waals surface area contributed by atoms with Crippen LogP contribution in [0.15, 0.2) is 42.5 Å². The molecule has 0 aromatic heterocycles. The van der Waals surface area contributed by atoms with Crippen molar-refractivity contribution in [2.45, 2.75) is 13.0 Å². The summed E-state index contributed by atoms with van der Waals surface area (Å²) in [5.74, 6) is -0.150. The van der Waals surface area contributed by atoms with E-state index in [0.29, 0.717) is 10.7 Å². The first-order chi connectivity index (χ1) is 8.54. The molecule has 2 nitrogen and oxygen atoms in total. The molecule has 0 aliphatic carbocycles. The fraction of sp³-hybridized carbons (Fsp3) is 0.143. The largest absolute Gasteiger partial charge is 0.508 e. The van der Waals surface area contributed by atoms with Crippen molar-refractivity contribution in [2.75, 3.05) is 5.32 Å². The maximum atomic E-state index is 13.2. The van der Waals surface area contributed by atoms with Gasteiger partial charge in [-0.2, -0.15) is 0 Å². The lowest BCUT2D eigenvalue weighted by molar-refractivity contribution is 0.475. The number of aromatic hydroxyl groups is 1. The molecule has 0 spiro atoms. The predicted octanol–water partition coefficient (Wildman–Crippen LogP) is 4.36. The molecule has 0 radical (unpaired) electrons. The molecule has 2 N–H and O–H groups in total. The van der Waals surface area contributed by atoms with Gasteiger partial charge in [-0.3, -0.25) is 0 Å². The van der Waals surface area contributed by atoms with Gasteiger partial charge in [-0.15, -0.1) is 0 Å². The zero-order valence-electron chi connectivity index (χ0n) is 9.82. The molecule has 0 heterocycles. The maximum absolute atomic E-state index is 13.2. The highest BCUT2D eigenvalue weighted by Crippen LogP contribution is 2.24. The lowest BCUT2D eigenvalue weighted by atomic mass is 10.1. The molecular formula is C14H13ClFNO. The van der Waals surface area contributed by atoms with Gasteiger partial charge in [0.05, 0.1) is 0 Å². The molecule has 4 heteroatoms. The summed E-state index contributed by atoms with van der Waals surface area (Å²) >= 11 is 5.79. The zero-order chi connectivity index (χ0) is 13.1. The minimum atomic E-state index is -0.372. The molecule has 18 heavy (non-hydrogen) atoms. The monoisotopic (exact) mass is 265 g/mol. The van der Waals surface area contributed by atoms with Crippen molar-refractivity contribution in [3.63, 3.8) is 0 Å². The van der Waals surface area contributed by atoms with E-state index in [-0.39, 0.29) is 17.6 Å². The first-order valence-corrected chi connectivity index (χ1v) is 5.94. The van der Waals surface area contributed by atoms with Crippen LogP contribution in [0, 0.1) is 5.82 Å². The number of benzene rings is 2. The van der Waals surface area contributed by atoms with Crippen molar-refractivity contribution >= 4 is 17.3 Å². The lowest BCUT2D eigenvalue weighted by Gasteiger charge is -2.16. The van der Waals surface area contributed by atoms with Crippen LogP contribution in [0.4, 0.5) is 10.1 Å². The summed E-state index contributed by atoms with van der Waals surface area (Å²) in [4.78, 5) is 0. The summed E-state index contributed by atoms with van der Waals surface area (Å²) in [7, 11) is 0. The van der Waals surface area contributed by atoms with Gasteiger partial charge in [-0.25, -0.2) is 4.39 Å². The number of halogens is 2. The molecule has 0 amide bonds. The van der Waals surface area contributed by atoms with Crippen LogP contribution in [-0.2, 0) is 0 Å². The van der Waals surface area contributed by atoms with E-state index in [9.17, 15) is 9.50 Å². The van der Waals surface area contributed by atoms with E-state index in [1.165, 1.54) is 12.1 Å². The minimum absolute atomic E-state index is 0.0107. The Balaban J connectivity index is 2.15. The summed E-state index contributed by atoms with van der Waals surface area (Å²) in [5, 5.41) is 12.7. The second-order valence-corrected chi connectivity index (χ2v) is 4.55. The standard InChI is InChI=1S/C14H13ClFNO/c1-9(10-2-4-14(18)5-3-10)17-13-7-11(15)6-12(16)8-13/h2-9,17-18H,1H3. The highest BCUT2D eigenvalue weighted by Gasteiger charge is 2.06. The van der Waals surface area contributed by atoms with E-state index in [2.05, 4.69) is 5.32 Å². The predicted molar refractivity (Wildman–Crippen MR) is 71.6 cm³/mol. The van der Waals surface area contributed by atoms with E-state index in [4.69, 9.17) is 11.6 Å². The molecule has 2 rings (SSSR count). The van der Waals surface area contributed by atoms with Crippen LogP contribution < -0.4 is 5.32 Å². The average molecular weight is 266 g/mol. The molecule has 0 saturated heterocycles. The number of hydrogen-bond donors (Lipinski definition) is 2. The van der Waals surface area contributed by atoms with Gasteiger partial charge >= 0.3 is 0 Å². The van der Waals surface area contributed by atoms with Crippen LogP contribution in [0.3, 0.4) is 0 Å². The molecule has 1 atom stereocenters. The summed E-state index contributed by atoms with van der Waals surface area (Å²) < 4.78 is 13.2. The number of nitrogens with one attached hydrogen (secondary N) is 1. The van der Waals surface area contributed by atoms with E-state index >= 15 is 0 Å². The molecule has 0 saturated carbocycles. The van der Waals surface area contributed by atoms with Gasteiger partial charge in [-0.1, -0.05) is 23.7 Å². The summed E-state index contributed by atoms with van der Waals surface area (Å²) in [5.41, 5.74) is 1.62. The summed E-state index contributed by atoms with van der Waals surface area (Å²) in [6.07, 6.45) is 0. The Kier molecular flexibility index (Phi) is 3.72. The lowest BCUT2D eigenvalue weighted by Crippen LogP contribution is -2.06. The highest BCUT2D eigenvalue weighted by atomic mass is 35.5. The third-order valence-corrected chi connectivity index (χ3v) is 2.86. The van der Waals surface area contributed by atoms with Crippen molar-refractivity contribution in [3.8, 4) is 5.75 Å². The maximum Gasteiger partial charge on any atom is 0.126 e. The molecular weight excluding hydrogens is 253 g/mol. The number of anilines is 1. The molecule has 2 aromatic rings. The van der Waals surface area contributed by atoms with Gasteiger partial charge in [-0.05, 0) is 42.8 Å². The van der Waals surface area contributed by atoms with Crippen LogP contribution in [0.1, 0.15) is 18.5 Å². The molecule has 94 valence electrons. The Hall–Kier alpha value is -1.74. The SMILES string of the molecule is CC(Nc1cc(F)cc(Cl)c1)c1ccc(O)cc1. The third-order valence-electron chi connectivity index (χ3n) is 2.64. The van der Waals surface area contributed by atoms with Crippen molar-refractivity contribution in [2.24, 2.45) is 0 Å². The number of rotatable bonds is 3. The Morgan fingerprint density at radius 3 is 2.44 bits per heavy atom.